The van der Waals surface area contributed by atoms with Gasteiger partial charge in [0.15, 0.2) is 0 Å². The Balaban J connectivity index is 2.07. The van der Waals surface area contributed by atoms with Crippen LogP contribution in [0.25, 0.3) is 0 Å². The van der Waals surface area contributed by atoms with Gasteiger partial charge in [-0.2, -0.15) is 0 Å². The van der Waals surface area contributed by atoms with E-state index in [4.69, 9.17) is 0 Å². The molecular weight excluding hydrogens is 208 g/mol. The summed E-state index contributed by atoms with van der Waals surface area (Å²) in [6, 6.07) is 12.2. The van der Waals surface area contributed by atoms with Gasteiger partial charge in [0.1, 0.15) is 0 Å². The minimum Gasteiger partial charge on any atom is -0.313 e. The average molecular weight is 232 g/mol. The van der Waals surface area contributed by atoms with E-state index >= 15 is 0 Å². The summed E-state index contributed by atoms with van der Waals surface area (Å²) in [7, 11) is 0. The Morgan fingerprint density at radius 1 is 1.29 bits per heavy atom. The van der Waals surface area contributed by atoms with Crippen molar-refractivity contribution >= 4 is 0 Å². The molecule has 1 aromatic rings. The van der Waals surface area contributed by atoms with Crippen LogP contribution in [0.15, 0.2) is 30.3 Å². The van der Waals surface area contributed by atoms with Gasteiger partial charge in [-0.1, -0.05) is 37.3 Å². The van der Waals surface area contributed by atoms with Crippen LogP contribution < -0.4 is 5.32 Å². The maximum atomic E-state index is 3.56. The molecule has 1 aliphatic rings. The normalized spacial score (nSPS) is 24.2. The topological polar surface area (TPSA) is 15.3 Å². The van der Waals surface area contributed by atoms with Crippen molar-refractivity contribution in [3.8, 4) is 0 Å². The molecule has 2 nitrogen and oxygen atoms in total. The van der Waals surface area contributed by atoms with Gasteiger partial charge in [0.05, 0.1) is 0 Å². The molecule has 1 saturated heterocycles. The third kappa shape index (κ3) is 3.30. The second kappa shape index (κ2) is 6.18. The second-order valence-corrected chi connectivity index (χ2v) is 5.01. The molecular formula is C15H24N2. The largest absolute Gasteiger partial charge is 0.313 e. The molecule has 1 heterocycles. The molecule has 2 atom stereocenters. The first-order chi connectivity index (χ1) is 8.31. The molecule has 1 N–H and O–H groups in total. The Morgan fingerprint density at radius 3 is 2.76 bits per heavy atom. The minimum absolute atomic E-state index is 0.586. The first-order valence-corrected chi connectivity index (χ1v) is 6.83. The Hall–Kier alpha value is -0.860. The van der Waals surface area contributed by atoms with E-state index in [9.17, 15) is 0 Å². The summed E-state index contributed by atoms with van der Waals surface area (Å²) < 4.78 is 0. The molecule has 0 radical (unpaired) electrons. The van der Waals surface area contributed by atoms with Crippen LogP contribution in [0.3, 0.4) is 0 Å². The zero-order valence-corrected chi connectivity index (χ0v) is 11.0. The molecule has 17 heavy (non-hydrogen) atoms. The number of nitrogens with zero attached hydrogens (tertiary/aromatic N) is 1. The molecule has 1 aromatic carbocycles. The van der Waals surface area contributed by atoms with E-state index in [0.29, 0.717) is 12.1 Å². The summed E-state index contributed by atoms with van der Waals surface area (Å²) in [6.07, 6.45) is 2.45. The van der Waals surface area contributed by atoms with Gasteiger partial charge in [-0.3, -0.25) is 4.90 Å². The van der Waals surface area contributed by atoms with Gasteiger partial charge < -0.3 is 5.32 Å². The molecule has 0 amide bonds. The lowest BCUT2D eigenvalue weighted by Gasteiger charge is -2.30. The van der Waals surface area contributed by atoms with Crippen molar-refractivity contribution < 1.29 is 0 Å². The standard InChI is InChI=1S/C15H24N2/c1-3-15(14-7-5-4-6-8-14)17-11-9-13(2)16-10-12-17/h4-8,13,15-16H,3,9-12H2,1-2H3. The van der Waals surface area contributed by atoms with Crippen molar-refractivity contribution in [3.63, 3.8) is 0 Å². The second-order valence-electron chi connectivity index (χ2n) is 5.01. The van der Waals surface area contributed by atoms with Crippen LogP contribution in [0.1, 0.15) is 38.3 Å². The number of hydrogen-bond donors (Lipinski definition) is 1. The van der Waals surface area contributed by atoms with Crippen LogP contribution in [-0.2, 0) is 0 Å². The molecule has 94 valence electrons. The predicted octanol–water partition coefficient (Wildman–Crippen LogP) is 2.82. The highest BCUT2D eigenvalue weighted by molar-refractivity contribution is 5.19. The molecule has 0 aliphatic carbocycles. The minimum atomic E-state index is 0.586. The van der Waals surface area contributed by atoms with Crippen LogP contribution in [0.4, 0.5) is 0 Å². The zero-order valence-electron chi connectivity index (χ0n) is 11.0. The van der Waals surface area contributed by atoms with Crippen molar-refractivity contribution in [1.82, 2.24) is 10.2 Å². The van der Waals surface area contributed by atoms with E-state index in [0.717, 1.165) is 13.1 Å². The van der Waals surface area contributed by atoms with Gasteiger partial charge in [0.25, 0.3) is 0 Å². The molecule has 0 bridgehead atoms. The van der Waals surface area contributed by atoms with Gasteiger partial charge in [0, 0.05) is 31.7 Å². The summed E-state index contributed by atoms with van der Waals surface area (Å²) in [6.45, 7) is 8.07. The fraction of sp³-hybridized carbons (Fsp3) is 0.600. The SMILES string of the molecule is CCC(c1ccccc1)N1CCNC(C)CC1. The first-order valence-electron chi connectivity index (χ1n) is 6.83. The van der Waals surface area contributed by atoms with Gasteiger partial charge >= 0.3 is 0 Å². The zero-order chi connectivity index (χ0) is 12.1. The fourth-order valence-corrected chi connectivity index (χ4v) is 2.72. The highest BCUT2D eigenvalue weighted by Gasteiger charge is 2.21. The molecule has 2 unspecified atom stereocenters. The van der Waals surface area contributed by atoms with Crippen molar-refractivity contribution in [2.45, 2.75) is 38.8 Å². The molecule has 0 saturated carbocycles. The smallest absolute Gasteiger partial charge is 0.0346 e. The molecule has 1 aliphatic heterocycles. The predicted molar refractivity (Wildman–Crippen MR) is 73.1 cm³/mol. The van der Waals surface area contributed by atoms with E-state index in [1.165, 1.54) is 24.9 Å². The van der Waals surface area contributed by atoms with Gasteiger partial charge in [-0.05, 0) is 25.3 Å². The quantitative estimate of drug-likeness (QED) is 0.862. The van der Waals surface area contributed by atoms with Crippen molar-refractivity contribution in [1.29, 1.82) is 0 Å². The Bertz CT molecular complexity index is 323. The van der Waals surface area contributed by atoms with Crippen LogP contribution in [-0.4, -0.2) is 30.6 Å². The van der Waals surface area contributed by atoms with Crippen LogP contribution in [0.2, 0.25) is 0 Å². The van der Waals surface area contributed by atoms with Crippen molar-refractivity contribution in [2.24, 2.45) is 0 Å². The number of hydrogen-bond acceptors (Lipinski definition) is 2. The van der Waals surface area contributed by atoms with E-state index in [2.05, 4.69) is 54.4 Å². The van der Waals surface area contributed by atoms with E-state index in [-0.39, 0.29) is 0 Å². The van der Waals surface area contributed by atoms with Gasteiger partial charge in [-0.15, -0.1) is 0 Å². The van der Waals surface area contributed by atoms with Crippen LogP contribution >= 0.6 is 0 Å². The Kier molecular flexibility index (Phi) is 4.57. The molecule has 2 rings (SSSR count). The molecule has 2 heteroatoms. The first kappa shape index (κ1) is 12.6. The Labute approximate surface area is 105 Å². The molecule has 0 aromatic heterocycles. The summed E-state index contributed by atoms with van der Waals surface area (Å²) in [5.41, 5.74) is 1.46. The van der Waals surface area contributed by atoms with Gasteiger partial charge in [0.2, 0.25) is 0 Å². The van der Waals surface area contributed by atoms with Crippen molar-refractivity contribution in [2.75, 3.05) is 19.6 Å². The monoisotopic (exact) mass is 232 g/mol. The van der Waals surface area contributed by atoms with E-state index in [1.807, 2.05) is 0 Å². The number of rotatable bonds is 3. The van der Waals surface area contributed by atoms with Crippen LogP contribution in [0, 0.1) is 0 Å². The fourth-order valence-electron chi connectivity index (χ4n) is 2.72. The Morgan fingerprint density at radius 2 is 2.06 bits per heavy atom. The summed E-state index contributed by atoms with van der Waals surface area (Å²) >= 11 is 0. The summed E-state index contributed by atoms with van der Waals surface area (Å²) in [5, 5.41) is 3.56. The highest BCUT2D eigenvalue weighted by Crippen LogP contribution is 2.24. The summed E-state index contributed by atoms with van der Waals surface area (Å²) in [5.74, 6) is 0. The lowest BCUT2D eigenvalue weighted by molar-refractivity contribution is 0.204. The lowest BCUT2D eigenvalue weighted by atomic mass is 10.0. The third-order valence-electron chi connectivity index (χ3n) is 3.75. The van der Waals surface area contributed by atoms with Crippen LogP contribution in [0.5, 0.6) is 0 Å². The summed E-state index contributed by atoms with van der Waals surface area (Å²) in [4.78, 5) is 2.63. The lowest BCUT2D eigenvalue weighted by Crippen LogP contribution is -2.32. The number of nitrogens with one attached hydrogen (secondary N) is 1. The average Bonchev–Trinajstić information content (AvgIpc) is 2.57. The van der Waals surface area contributed by atoms with E-state index < -0.39 is 0 Å². The third-order valence-corrected chi connectivity index (χ3v) is 3.75. The van der Waals surface area contributed by atoms with Gasteiger partial charge in [-0.25, -0.2) is 0 Å². The molecule has 1 fully saturated rings. The number of benzene rings is 1. The molecule has 0 spiro atoms. The highest BCUT2D eigenvalue weighted by atomic mass is 15.2. The van der Waals surface area contributed by atoms with E-state index in [1.54, 1.807) is 0 Å². The maximum Gasteiger partial charge on any atom is 0.0346 e. The maximum absolute atomic E-state index is 3.56. The van der Waals surface area contributed by atoms with Crippen molar-refractivity contribution in [3.05, 3.63) is 35.9 Å².